The van der Waals surface area contributed by atoms with Crippen molar-refractivity contribution in [3.63, 3.8) is 0 Å². The summed E-state index contributed by atoms with van der Waals surface area (Å²) in [6.45, 7) is 2.98. The van der Waals surface area contributed by atoms with Crippen LogP contribution in [0, 0.1) is 11.3 Å². The number of amides is 1. The van der Waals surface area contributed by atoms with E-state index in [1.165, 1.54) is 5.56 Å². The predicted octanol–water partition coefficient (Wildman–Crippen LogP) is 4.62. The van der Waals surface area contributed by atoms with Crippen LogP contribution in [0.3, 0.4) is 0 Å². The Morgan fingerprint density at radius 2 is 2.06 bits per heavy atom. The largest absolute Gasteiger partial charge is 0.375 e. The highest BCUT2D eigenvalue weighted by Crippen LogP contribution is 2.32. The number of rotatable bonds is 6. The van der Waals surface area contributed by atoms with Crippen LogP contribution in [0.1, 0.15) is 39.7 Å². The van der Waals surface area contributed by atoms with Crippen molar-refractivity contribution in [2.24, 2.45) is 0 Å². The quantitative estimate of drug-likeness (QED) is 0.579. The topological polar surface area (TPSA) is 75.0 Å². The first-order valence-corrected chi connectivity index (χ1v) is 11.1. The SMILES string of the molecule is C[C@@]1(C#N)COCc2ccc(C(=O)NCc3cc(SCc4ccccc4)ccn3)cc21. The minimum absolute atomic E-state index is 0.182. The summed E-state index contributed by atoms with van der Waals surface area (Å²) in [5.41, 5.74) is 3.69. The molecule has 3 aromatic rings. The Morgan fingerprint density at radius 3 is 2.87 bits per heavy atom. The number of nitrogens with zero attached hydrogens (tertiary/aromatic N) is 2. The Hall–Kier alpha value is -3.14. The standard InChI is InChI=1S/C25H23N3O2S/c1-25(16-26)17-30-14-20-8-7-19(11-23(20)25)24(29)28-13-21-12-22(9-10-27-21)31-15-18-5-3-2-4-6-18/h2-12H,13-15,17H2,1H3,(H,28,29)/t25-/m1/s1. The minimum Gasteiger partial charge on any atom is -0.375 e. The van der Waals surface area contributed by atoms with E-state index in [1.807, 2.05) is 49.4 Å². The number of nitrogens with one attached hydrogen (secondary N) is 1. The number of aromatic nitrogens is 1. The monoisotopic (exact) mass is 429 g/mol. The number of thioether (sulfide) groups is 1. The average Bonchev–Trinajstić information content (AvgIpc) is 2.82. The van der Waals surface area contributed by atoms with Gasteiger partial charge in [-0.2, -0.15) is 5.26 Å². The van der Waals surface area contributed by atoms with E-state index in [4.69, 9.17) is 4.74 Å². The fourth-order valence-electron chi connectivity index (χ4n) is 3.55. The number of hydrogen-bond donors (Lipinski definition) is 1. The molecule has 6 heteroatoms. The first-order chi connectivity index (χ1) is 15.1. The molecule has 0 saturated heterocycles. The van der Waals surface area contributed by atoms with E-state index < -0.39 is 5.41 Å². The molecular weight excluding hydrogens is 406 g/mol. The zero-order valence-corrected chi connectivity index (χ0v) is 18.1. The van der Waals surface area contributed by atoms with Crippen LogP contribution in [0.5, 0.6) is 0 Å². The Kier molecular flexibility index (Phi) is 6.36. The zero-order chi connectivity index (χ0) is 21.7. The molecule has 1 atom stereocenters. The lowest BCUT2D eigenvalue weighted by molar-refractivity contribution is 0.0757. The second kappa shape index (κ2) is 9.34. The van der Waals surface area contributed by atoms with Crippen molar-refractivity contribution in [2.45, 2.75) is 36.1 Å². The molecule has 1 aromatic heterocycles. The van der Waals surface area contributed by atoms with Crippen LogP contribution in [-0.4, -0.2) is 17.5 Å². The molecule has 0 radical (unpaired) electrons. The van der Waals surface area contributed by atoms with Gasteiger partial charge in [0.25, 0.3) is 5.91 Å². The molecule has 0 saturated carbocycles. The maximum Gasteiger partial charge on any atom is 0.251 e. The fraction of sp³-hybridized carbons (Fsp3) is 0.240. The van der Waals surface area contributed by atoms with E-state index in [0.29, 0.717) is 25.3 Å². The van der Waals surface area contributed by atoms with Gasteiger partial charge >= 0.3 is 0 Å². The predicted molar refractivity (Wildman–Crippen MR) is 120 cm³/mol. The molecule has 1 N–H and O–H groups in total. The third-order valence-corrected chi connectivity index (χ3v) is 6.39. The molecule has 4 rings (SSSR count). The average molecular weight is 430 g/mol. The lowest BCUT2D eigenvalue weighted by atomic mass is 9.79. The van der Waals surface area contributed by atoms with Crippen LogP contribution >= 0.6 is 11.8 Å². The normalized spacial score (nSPS) is 17.4. The number of nitriles is 1. The molecule has 2 aromatic carbocycles. The summed E-state index contributed by atoms with van der Waals surface area (Å²) < 4.78 is 5.53. The van der Waals surface area contributed by atoms with Gasteiger partial charge in [-0.05, 0) is 47.9 Å². The van der Waals surface area contributed by atoms with Gasteiger partial charge in [0.05, 0.1) is 31.5 Å². The number of ether oxygens (including phenoxy) is 1. The van der Waals surface area contributed by atoms with E-state index in [1.54, 1.807) is 24.0 Å². The summed E-state index contributed by atoms with van der Waals surface area (Å²) >= 11 is 1.74. The van der Waals surface area contributed by atoms with Crippen LogP contribution in [0.2, 0.25) is 0 Å². The third-order valence-electron chi connectivity index (χ3n) is 5.33. The maximum absolute atomic E-state index is 12.7. The van der Waals surface area contributed by atoms with Crippen LogP contribution in [-0.2, 0) is 29.1 Å². The van der Waals surface area contributed by atoms with Crippen LogP contribution in [0.15, 0.2) is 71.8 Å². The first kappa shape index (κ1) is 21.1. The number of carbonyl (C=O) groups excluding carboxylic acids is 1. The van der Waals surface area contributed by atoms with E-state index >= 15 is 0 Å². The molecule has 0 unspecified atom stereocenters. The van der Waals surface area contributed by atoms with Crippen molar-refractivity contribution in [3.05, 3.63) is 94.8 Å². The van der Waals surface area contributed by atoms with Gasteiger partial charge in [0.15, 0.2) is 0 Å². The van der Waals surface area contributed by atoms with Gasteiger partial charge in [-0.1, -0.05) is 36.4 Å². The van der Waals surface area contributed by atoms with E-state index in [2.05, 4.69) is 28.5 Å². The number of carbonyl (C=O) groups is 1. The lowest BCUT2D eigenvalue weighted by Crippen LogP contribution is -2.33. The molecule has 0 bridgehead atoms. The highest BCUT2D eigenvalue weighted by molar-refractivity contribution is 7.98. The molecule has 31 heavy (non-hydrogen) atoms. The highest BCUT2D eigenvalue weighted by atomic mass is 32.2. The van der Waals surface area contributed by atoms with Gasteiger partial charge < -0.3 is 10.1 Å². The lowest BCUT2D eigenvalue weighted by Gasteiger charge is -2.30. The van der Waals surface area contributed by atoms with Gasteiger partial charge in [-0.15, -0.1) is 11.8 Å². The van der Waals surface area contributed by atoms with Crippen molar-refractivity contribution < 1.29 is 9.53 Å². The second-order valence-corrected chi connectivity index (χ2v) is 8.80. The molecule has 1 amide bonds. The molecular formula is C25H23N3O2S. The third kappa shape index (κ3) is 4.96. The first-order valence-electron chi connectivity index (χ1n) is 10.1. The molecule has 0 aliphatic carbocycles. The van der Waals surface area contributed by atoms with Crippen molar-refractivity contribution in [1.82, 2.24) is 10.3 Å². The summed E-state index contributed by atoms with van der Waals surface area (Å²) in [5.74, 6) is 0.700. The maximum atomic E-state index is 12.7. The molecule has 156 valence electrons. The van der Waals surface area contributed by atoms with E-state index in [-0.39, 0.29) is 5.91 Å². The van der Waals surface area contributed by atoms with Crippen LogP contribution in [0.25, 0.3) is 0 Å². The van der Waals surface area contributed by atoms with Gasteiger partial charge in [0.1, 0.15) is 5.41 Å². The molecule has 1 aliphatic heterocycles. The molecule has 5 nitrogen and oxygen atoms in total. The Bertz CT molecular complexity index is 1130. The number of fused-ring (bicyclic) bond motifs is 1. The minimum atomic E-state index is -0.740. The van der Waals surface area contributed by atoms with Gasteiger partial charge in [0, 0.05) is 22.4 Å². The van der Waals surface area contributed by atoms with E-state index in [9.17, 15) is 10.1 Å². The zero-order valence-electron chi connectivity index (χ0n) is 17.3. The van der Waals surface area contributed by atoms with Gasteiger partial charge in [-0.3, -0.25) is 9.78 Å². The molecule has 0 fully saturated rings. The van der Waals surface area contributed by atoms with Crippen molar-refractivity contribution in [1.29, 1.82) is 5.26 Å². The Morgan fingerprint density at radius 1 is 1.23 bits per heavy atom. The van der Waals surface area contributed by atoms with Crippen LogP contribution < -0.4 is 5.32 Å². The second-order valence-electron chi connectivity index (χ2n) is 7.75. The number of hydrogen-bond acceptors (Lipinski definition) is 5. The van der Waals surface area contributed by atoms with E-state index in [0.717, 1.165) is 27.5 Å². The summed E-state index contributed by atoms with van der Waals surface area (Å²) in [6, 6.07) is 22.1. The van der Waals surface area contributed by atoms with Gasteiger partial charge in [0.2, 0.25) is 0 Å². The summed E-state index contributed by atoms with van der Waals surface area (Å²) in [5, 5.41) is 12.5. The molecule has 1 aliphatic rings. The highest BCUT2D eigenvalue weighted by Gasteiger charge is 2.33. The number of benzene rings is 2. The van der Waals surface area contributed by atoms with Gasteiger partial charge in [-0.25, -0.2) is 0 Å². The fourth-order valence-corrected chi connectivity index (χ4v) is 4.45. The van der Waals surface area contributed by atoms with Crippen molar-refractivity contribution >= 4 is 17.7 Å². The molecule has 0 spiro atoms. The summed E-state index contributed by atoms with van der Waals surface area (Å²) in [4.78, 5) is 18.2. The Balaban J connectivity index is 1.40. The molecule has 2 heterocycles. The van der Waals surface area contributed by atoms with Crippen molar-refractivity contribution in [2.75, 3.05) is 6.61 Å². The van der Waals surface area contributed by atoms with Crippen molar-refractivity contribution in [3.8, 4) is 6.07 Å². The van der Waals surface area contributed by atoms with Crippen LogP contribution in [0.4, 0.5) is 0 Å². The smallest absolute Gasteiger partial charge is 0.251 e. The Labute approximate surface area is 186 Å². The number of pyridine rings is 1. The summed E-state index contributed by atoms with van der Waals surface area (Å²) in [7, 11) is 0. The summed E-state index contributed by atoms with van der Waals surface area (Å²) in [6.07, 6.45) is 1.77.